The van der Waals surface area contributed by atoms with Gasteiger partial charge in [-0.25, -0.2) is 0 Å². The van der Waals surface area contributed by atoms with Gasteiger partial charge in [-0.3, -0.25) is 0 Å². The van der Waals surface area contributed by atoms with Crippen molar-refractivity contribution in [2.75, 3.05) is 5.75 Å². The Morgan fingerprint density at radius 1 is 1.06 bits per heavy atom. The Bertz CT molecular complexity index is 238. The van der Waals surface area contributed by atoms with Crippen molar-refractivity contribution >= 4 is 11.8 Å². The van der Waals surface area contributed by atoms with Crippen molar-refractivity contribution < 1.29 is 0 Å². The molecule has 0 rings (SSSR count). The van der Waals surface area contributed by atoms with Gasteiger partial charge < -0.3 is 0 Å². The number of thioether (sulfide) groups is 1. The fraction of sp³-hybridized carbons (Fsp3) is 0.750. The first-order valence-corrected chi connectivity index (χ1v) is 7.85. The highest BCUT2D eigenvalue weighted by Crippen LogP contribution is 2.31. The summed E-state index contributed by atoms with van der Waals surface area (Å²) in [5.74, 6) is 1.17. The van der Waals surface area contributed by atoms with Crippen molar-refractivity contribution in [3.63, 3.8) is 0 Å². The minimum absolute atomic E-state index is 0.482. The van der Waals surface area contributed by atoms with Gasteiger partial charge in [-0.2, -0.15) is 0 Å². The van der Waals surface area contributed by atoms with E-state index in [4.69, 9.17) is 0 Å². The Balaban J connectivity index is 3.70. The highest BCUT2D eigenvalue weighted by Gasteiger charge is 2.16. The Hall–Kier alpha value is -0.170. The minimum atomic E-state index is 0.482. The summed E-state index contributed by atoms with van der Waals surface area (Å²) in [6.07, 6.45) is 8.12. The Morgan fingerprint density at radius 2 is 1.71 bits per heavy atom. The van der Waals surface area contributed by atoms with Gasteiger partial charge in [0.15, 0.2) is 0 Å². The van der Waals surface area contributed by atoms with Crippen LogP contribution in [-0.4, -0.2) is 5.75 Å². The van der Waals surface area contributed by atoms with E-state index in [1.54, 1.807) is 0 Å². The summed E-state index contributed by atoms with van der Waals surface area (Å²) in [5.41, 5.74) is 1.59. The second kappa shape index (κ2) is 8.85. The molecule has 0 aliphatic carbocycles. The molecule has 0 aliphatic rings. The maximum Gasteiger partial charge on any atom is 0.00233 e. The van der Waals surface area contributed by atoms with Crippen LogP contribution in [0.1, 0.15) is 66.2 Å². The van der Waals surface area contributed by atoms with Gasteiger partial charge in [0.05, 0.1) is 0 Å². The Morgan fingerprint density at radius 3 is 2.24 bits per heavy atom. The molecule has 0 aromatic heterocycles. The van der Waals surface area contributed by atoms with Gasteiger partial charge in [0.1, 0.15) is 0 Å². The van der Waals surface area contributed by atoms with E-state index in [2.05, 4.69) is 33.9 Å². The van der Waals surface area contributed by atoms with Gasteiger partial charge >= 0.3 is 0 Å². The number of hydrogen-bond acceptors (Lipinski definition) is 1. The van der Waals surface area contributed by atoms with Gasteiger partial charge in [0.2, 0.25) is 0 Å². The van der Waals surface area contributed by atoms with Crippen molar-refractivity contribution in [3.8, 4) is 0 Å². The third-order valence-corrected chi connectivity index (χ3v) is 4.34. The quantitative estimate of drug-likeness (QED) is 0.330. The number of rotatable bonds is 10. The summed E-state index contributed by atoms with van der Waals surface area (Å²) in [5, 5.41) is 0. The number of allylic oxidation sites excluding steroid dienone is 1. The Kier molecular flexibility index (Phi) is 8.77. The van der Waals surface area contributed by atoms with Crippen LogP contribution in [0.15, 0.2) is 23.6 Å². The molecule has 0 nitrogen and oxygen atoms in total. The SMILES string of the molecule is C=C(C)C(=C)SCCC(C)(C)CCCCCC. The van der Waals surface area contributed by atoms with E-state index in [0.29, 0.717) is 5.41 Å². The van der Waals surface area contributed by atoms with Crippen LogP contribution < -0.4 is 0 Å². The molecule has 0 aromatic carbocycles. The first-order valence-electron chi connectivity index (χ1n) is 6.86. The molecule has 100 valence electrons. The lowest BCUT2D eigenvalue weighted by atomic mass is 9.84. The molecule has 0 saturated heterocycles. The standard InChI is InChI=1S/C16H30S/c1-7-8-9-10-11-16(5,6)12-13-17-15(4)14(2)3/h2,4,7-13H2,1,3,5-6H3. The molecule has 0 heterocycles. The predicted octanol–water partition coefficient (Wildman–Crippen LogP) is 6.20. The highest BCUT2D eigenvalue weighted by atomic mass is 32.2. The Labute approximate surface area is 113 Å². The summed E-state index contributed by atoms with van der Waals surface area (Å²) in [6.45, 7) is 17.0. The molecule has 0 aliphatic heterocycles. The highest BCUT2D eigenvalue weighted by molar-refractivity contribution is 8.03. The van der Waals surface area contributed by atoms with Crippen molar-refractivity contribution in [2.45, 2.75) is 66.2 Å². The maximum absolute atomic E-state index is 4.02. The lowest BCUT2D eigenvalue weighted by molar-refractivity contribution is 0.310. The predicted molar refractivity (Wildman–Crippen MR) is 83.6 cm³/mol. The van der Waals surface area contributed by atoms with E-state index < -0.39 is 0 Å². The van der Waals surface area contributed by atoms with Gasteiger partial charge in [0.25, 0.3) is 0 Å². The van der Waals surface area contributed by atoms with Crippen LogP contribution in [0.5, 0.6) is 0 Å². The lowest BCUT2D eigenvalue weighted by Gasteiger charge is -2.24. The average molecular weight is 254 g/mol. The molecule has 17 heavy (non-hydrogen) atoms. The van der Waals surface area contributed by atoms with Crippen LogP contribution in [0.25, 0.3) is 0 Å². The average Bonchev–Trinajstić information content (AvgIpc) is 2.24. The zero-order valence-corrected chi connectivity index (χ0v) is 13.1. The summed E-state index contributed by atoms with van der Waals surface area (Å²) >= 11 is 1.86. The van der Waals surface area contributed by atoms with E-state index in [-0.39, 0.29) is 0 Å². The molecular formula is C16H30S. The van der Waals surface area contributed by atoms with Crippen molar-refractivity contribution in [1.82, 2.24) is 0 Å². The molecule has 0 aromatic rings. The molecule has 0 unspecified atom stereocenters. The molecule has 0 spiro atoms. The van der Waals surface area contributed by atoms with E-state index in [0.717, 1.165) is 10.5 Å². The van der Waals surface area contributed by atoms with Crippen molar-refractivity contribution in [2.24, 2.45) is 5.41 Å². The van der Waals surface area contributed by atoms with E-state index in [9.17, 15) is 0 Å². The molecule has 0 atom stereocenters. The summed E-state index contributed by atoms with van der Waals surface area (Å²) in [4.78, 5) is 1.15. The third-order valence-electron chi connectivity index (χ3n) is 3.24. The topological polar surface area (TPSA) is 0 Å². The van der Waals surface area contributed by atoms with Crippen LogP contribution in [-0.2, 0) is 0 Å². The van der Waals surface area contributed by atoms with Gasteiger partial charge in [-0.15, -0.1) is 11.8 Å². The van der Waals surface area contributed by atoms with Crippen LogP contribution in [0, 0.1) is 5.41 Å². The van der Waals surface area contributed by atoms with Gasteiger partial charge in [-0.05, 0) is 36.5 Å². The fourth-order valence-corrected chi connectivity index (χ4v) is 2.88. The van der Waals surface area contributed by atoms with E-state index in [1.807, 2.05) is 18.7 Å². The third kappa shape index (κ3) is 9.52. The zero-order valence-electron chi connectivity index (χ0n) is 12.3. The molecule has 0 amide bonds. The maximum atomic E-state index is 4.02. The molecule has 0 bridgehead atoms. The first kappa shape index (κ1) is 16.8. The molecule has 0 fully saturated rings. The van der Waals surface area contributed by atoms with Crippen LogP contribution in [0.4, 0.5) is 0 Å². The van der Waals surface area contributed by atoms with Crippen LogP contribution in [0.3, 0.4) is 0 Å². The lowest BCUT2D eigenvalue weighted by Crippen LogP contribution is -2.12. The summed E-state index contributed by atoms with van der Waals surface area (Å²) < 4.78 is 0. The fourth-order valence-electron chi connectivity index (χ4n) is 1.73. The monoisotopic (exact) mass is 254 g/mol. The second-order valence-electron chi connectivity index (χ2n) is 5.78. The van der Waals surface area contributed by atoms with Crippen molar-refractivity contribution in [3.05, 3.63) is 23.6 Å². The zero-order chi connectivity index (χ0) is 13.3. The first-order chi connectivity index (χ1) is 7.89. The molecule has 1 heteroatoms. The van der Waals surface area contributed by atoms with Gasteiger partial charge in [0, 0.05) is 4.91 Å². The summed E-state index contributed by atoms with van der Waals surface area (Å²) in [7, 11) is 0. The normalized spacial score (nSPS) is 11.5. The minimum Gasteiger partial charge on any atom is -0.127 e. The number of hydrogen-bond donors (Lipinski definition) is 0. The molecule has 0 saturated carbocycles. The van der Waals surface area contributed by atoms with E-state index >= 15 is 0 Å². The van der Waals surface area contributed by atoms with Crippen LogP contribution >= 0.6 is 11.8 Å². The van der Waals surface area contributed by atoms with Crippen LogP contribution in [0.2, 0.25) is 0 Å². The summed E-state index contributed by atoms with van der Waals surface area (Å²) in [6, 6.07) is 0. The molecule has 0 N–H and O–H groups in total. The molecule has 0 radical (unpaired) electrons. The second-order valence-corrected chi connectivity index (χ2v) is 6.97. The van der Waals surface area contributed by atoms with Gasteiger partial charge in [-0.1, -0.05) is 59.6 Å². The van der Waals surface area contributed by atoms with E-state index in [1.165, 1.54) is 44.3 Å². The largest absolute Gasteiger partial charge is 0.127 e. The smallest absolute Gasteiger partial charge is 0.00233 e. The van der Waals surface area contributed by atoms with Crippen molar-refractivity contribution in [1.29, 1.82) is 0 Å². The molecular weight excluding hydrogens is 224 g/mol. The number of unbranched alkanes of at least 4 members (excludes halogenated alkanes) is 3.